The number of aromatic nitrogens is 7. The lowest BCUT2D eigenvalue weighted by Gasteiger charge is -2.24. The maximum Gasteiger partial charge on any atom is 0.306 e. The Morgan fingerprint density at radius 2 is 1.44 bits per heavy atom. The summed E-state index contributed by atoms with van der Waals surface area (Å²) in [6, 6.07) is 10.2. The number of Topliss-reactive ketones (excluding diaryl/α,β-unsaturated/α-hetero) is 1. The van der Waals surface area contributed by atoms with E-state index >= 15 is 0 Å². The van der Waals surface area contributed by atoms with E-state index in [0.717, 1.165) is 11.3 Å². The van der Waals surface area contributed by atoms with Gasteiger partial charge in [0.05, 0.1) is 47.1 Å². The van der Waals surface area contributed by atoms with Gasteiger partial charge in [0.15, 0.2) is 5.78 Å². The van der Waals surface area contributed by atoms with Crippen LogP contribution in [0.2, 0.25) is 0 Å². The molecule has 10 bridgehead atoms. The molecule has 1 unspecified atom stereocenters. The van der Waals surface area contributed by atoms with Gasteiger partial charge in [-0.05, 0) is 62.6 Å². The smallest absolute Gasteiger partial charge is 0.306 e. The average Bonchev–Trinajstić information content (AvgIpc) is 1.79. The normalized spacial score (nSPS) is 18.5. The highest BCUT2D eigenvalue weighted by molar-refractivity contribution is 7.15. The predicted molar refractivity (Wildman–Crippen MR) is 345 cm³/mol. The van der Waals surface area contributed by atoms with Crippen LogP contribution in [0, 0.1) is 24.7 Å². The number of benzene rings is 1. The van der Waals surface area contributed by atoms with Gasteiger partial charge in [0, 0.05) is 77.3 Å². The molecule has 10 rings (SSSR count). The number of carbonyl (C=O) groups excluding carboxylic acids is 6. The molecule has 0 radical (unpaired) electrons. The zero-order valence-electron chi connectivity index (χ0n) is 49.9. The van der Waals surface area contributed by atoms with Crippen LogP contribution in [0.1, 0.15) is 158 Å². The van der Waals surface area contributed by atoms with E-state index in [1.165, 1.54) is 70.8 Å². The molecule has 0 saturated heterocycles. The lowest BCUT2D eigenvalue weighted by atomic mass is 9.90. The number of aliphatic carboxylic acids is 2. The zero-order valence-corrected chi connectivity index (χ0v) is 54.8. The van der Waals surface area contributed by atoms with Crippen molar-refractivity contribution in [3.05, 3.63) is 111 Å². The van der Waals surface area contributed by atoms with Crippen molar-refractivity contribution < 1.29 is 58.4 Å². The summed E-state index contributed by atoms with van der Waals surface area (Å²) in [5.74, 6) is -6.28. The number of pyridine rings is 1. The Kier molecular flexibility index (Phi) is 21.4. The molecule has 0 spiro atoms. The predicted octanol–water partition coefficient (Wildman–Crippen LogP) is 9.68. The van der Waals surface area contributed by atoms with Crippen molar-refractivity contribution in [3.63, 3.8) is 0 Å². The number of fused-ring (bicyclic) bond motifs is 14. The lowest BCUT2D eigenvalue weighted by molar-refractivity contribution is -0.141. The third-order valence-electron chi connectivity index (χ3n) is 15.5. The van der Waals surface area contributed by atoms with Crippen LogP contribution in [0.4, 0.5) is 5.82 Å². The minimum atomic E-state index is -1.30. The van der Waals surface area contributed by atoms with E-state index in [0.29, 0.717) is 112 Å². The number of aliphatic hydroxyl groups excluding tert-OH is 1. The average molecular weight is 1350 g/mol. The van der Waals surface area contributed by atoms with E-state index in [9.17, 15) is 53.7 Å². The Labute approximate surface area is 546 Å². The number of nitrogens with zero attached hydrogens (tertiary/aromatic N) is 8. The molecule has 91 heavy (non-hydrogen) atoms. The first-order valence-electron chi connectivity index (χ1n) is 29.2. The van der Waals surface area contributed by atoms with Crippen LogP contribution in [-0.2, 0) is 35.3 Å². The number of amides is 5. The van der Waals surface area contributed by atoms with Crippen LogP contribution >= 0.6 is 68.0 Å². The highest BCUT2D eigenvalue weighted by Crippen LogP contribution is 2.42. The number of aliphatic hydroxyl groups is 1. The molecule has 8 heterocycles. The molecule has 30 heteroatoms. The van der Waals surface area contributed by atoms with Gasteiger partial charge < -0.3 is 41.3 Å². The van der Waals surface area contributed by atoms with E-state index in [4.69, 9.17) is 39.6 Å². The van der Waals surface area contributed by atoms with Crippen molar-refractivity contribution in [2.75, 3.05) is 32.1 Å². The number of carboxylic acids is 2. The van der Waals surface area contributed by atoms with Crippen molar-refractivity contribution in [2.24, 2.45) is 17.8 Å². The molecule has 6 atom stereocenters. The summed E-state index contributed by atoms with van der Waals surface area (Å²) in [4.78, 5) is 145. The molecule has 7 N–H and O–H groups in total. The fourth-order valence-corrected chi connectivity index (χ4v) is 16.3. The van der Waals surface area contributed by atoms with Gasteiger partial charge in [-0.25, -0.2) is 34.9 Å². The van der Waals surface area contributed by atoms with Crippen molar-refractivity contribution in [2.45, 2.75) is 109 Å². The fourth-order valence-electron chi connectivity index (χ4n) is 10.7. The summed E-state index contributed by atoms with van der Waals surface area (Å²) in [5, 5.41) is 51.3. The van der Waals surface area contributed by atoms with Crippen molar-refractivity contribution >= 4 is 121 Å². The Morgan fingerprint density at radius 3 is 2.18 bits per heavy atom. The maximum absolute atomic E-state index is 14.4. The summed E-state index contributed by atoms with van der Waals surface area (Å²) in [5.41, 5.74) is 2.66. The molecule has 7 aromatic heterocycles. The SMILES string of the molecule is CNC(=O)C[C@@H]1NC(=O)c2csc(n2)-c2ccc(-c3nc(N(CCCCCC(=O)O)C(=O)[C@@H]4CC[C@@H](C(=O)O)C4)cs3)nc2-c2csc(n2)-c2csc(n2)[C@H]([C@@H](O)c2ccccc2)NC(=O)CNC(=O)c2nc(sc2COC)C(C(C)C)CC(=O)c2nc1sc2C. The number of hydrogen-bond donors (Lipinski definition) is 7. The molecular formula is C61H64N12O12S6. The molecular weight excluding hydrogens is 1290 g/mol. The second-order valence-corrected chi connectivity index (χ2v) is 28.0. The topological polar surface area (TPSA) is 348 Å². The minimum absolute atomic E-state index is 0.0112. The summed E-state index contributed by atoms with van der Waals surface area (Å²) in [6.45, 7) is 5.34. The molecule has 1 aliphatic carbocycles. The van der Waals surface area contributed by atoms with E-state index < -0.39 is 78.1 Å². The van der Waals surface area contributed by atoms with Crippen LogP contribution in [-0.4, -0.2) is 125 Å². The number of unbranched alkanes of at least 4 members (excludes halogenated alkanes) is 2. The Hall–Kier alpha value is -7.97. The van der Waals surface area contributed by atoms with Gasteiger partial charge in [-0.1, -0.05) is 50.6 Å². The first-order valence-corrected chi connectivity index (χ1v) is 34.3. The third kappa shape index (κ3) is 15.5. The van der Waals surface area contributed by atoms with Gasteiger partial charge >= 0.3 is 11.9 Å². The number of anilines is 1. The highest BCUT2D eigenvalue weighted by Gasteiger charge is 2.38. The van der Waals surface area contributed by atoms with Gasteiger partial charge in [-0.2, -0.15) is 0 Å². The molecule has 476 valence electrons. The molecule has 2 aliphatic rings. The first kappa shape index (κ1) is 66.0. The van der Waals surface area contributed by atoms with E-state index in [2.05, 4.69) is 21.3 Å². The number of ketones is 1. The van der Waals surface area contributed by atoms with E-state index in [1.54, 1.807) is 75.8 Å². The highest BCUT2D eigenvalue weighted by atomic mass is 32.1. The van der Waals surface area contributed by atoms with Gasteiger partial charge in [0.1, 0.15) is 77.2 Å². The number of methoxy groups -OCH3 is 1. The number of hydrogen-bond acceptors (Lipinski definition) is 23. The maximum atomic E-state index is 14.4. The van der Waals surface area contributed by atoms with Gasteiger partial charge in [0.25, 0.3) is 11.8 Å². The fraction of sp³-hybridized carbons (Fsp3) is 0.393. The summed E-state index contributed by atoms with van der Waals surface area (Å²) in [7, 11) is 2.95. The number of carbonyl (C=O) groups is 8. The van der Waals surface area contributed by atoms with Crippen LogP contribution < -0.4 is 26.2 Å². The van der Waals surface area contributed by atoms with Crippen LogP contribution in [0.3, 0.4) is 0 Å². The number of ether oxygens (including phenoxy) is 1. The van der Waals surface area contributed by atoms with E-state index in [-0.39, 0.29) is 73.5 Å². The largest absolute Gasteiger partial charge is 0.481 e. The monoisotopic (exact) mass is 1350 g/mol. The van der Waals surface area contributed by atoms with Crippen LogP contribution in [0.25, 0.3) is 43.4 Å². The number of rotatable bonds is 17. The Balaban J connectivity index is 1.04. The number of nitrogens with one attached hydrogen (secondary N) is 4. The Morgan fingerprint density at radius 1 is 0.725 bits per heavy atom. The van der Waals surface area contributed by atoms with Crippen LogP contribution in [0.15, 0.2) is 64.0 Å². The van der Waals surface area contributed by atoms with Gasteiger partial charge in [-0.15, -0.1) is 68.0 Å². The van der Waals surface area contributed by atoms with Gasteiger partial charge in [0.2, 0.25) is 17.7 Å². The third-order valence-corrected chi connectivity index (χ3v) is 21.3. The van der Waals surface area contributed by atoms with Crippen molar-refractivity contribution in [1.82, 2.24) is 56.2 Å². The molecule has 1 aromatic carbocycles. The molecule has 1 saturated carbocycles. The number of thiazole rings is 6. The molecule has 5 amide bonds. The zero-order chi connectivity index (χ0) is 64.6. The summed E-state index contributed by atoms with van der Waals surface area (Å²) >= 11 is 7.21. The second kappa shape index (κ2) is 29.5. The molecule has 8 aromatic rings. The quantitative estimate of drug-likeness (QED) is 0.0417. The van der Waals surface area contributed by atoms with E-state index in [1.807, 2.05) is 13.8 Å². The minimum Gasteiger partial charge on any atom is -0.481 e. The summed E-state index contributed by atoms with van der Waals surface area (Å²) < 4.78 is 5.48. The molecule has 1 aliphatic heterocycles. The van der Waals surface area contributed by atoms with Crippen LogP contribution in [0.5, 0.6) is 0 Å². The Bertz CT molecular complexity index is 4000. The van der Waals surface area contributed by atoms with Gasteiger partial charge in [-0.3, -0.25) is 43.3 Å². The lowest BCUT2D eigenvalue weighted by Crippen LogP contribution is -2.40. The standard InChI is InChI=1S/C61H64N12O12S6/c1-29(2)35-21-41(74)47-30(3)90-58(71-47)37(22-44(75)62-4)65-52(80)39-26-86-54(67-39)34-17-18-36(56-69-43(28-89-56)73(19-11-7-10-14-46(77)78)60(82)32-15-16-33(20-32)61(83)84)64-48(34)38-25-87-57(66-38)40-27-88-59(68-40)50(51(79)31-12-8-6-9-13-31)70-45(76)23-63-53(81)49-42(24-85-5)91-55(35)72-49/h6,8-9,12-13,17-18,25-29,32-33,35,37,50-51,79H,7,10-11,14-16,19-24H2,1-5H3,(H,62,75)(H,63,81)(H,65,80)(H,70,76)(H,77,78)(H,83,84)/t32-,33-,35?,37+,50+,51+/m1/s1. The first-order chi connectivity index (χ1) is 43.8. The van der Waals surface area contributed by atoms with Crippen molar-refractivity contribution in [1.29, 1.82) is 0 Å². The number of carboxylic acid groups (broad SMARTS) is 2. The summed E-state index contributed by atoms with van der Waals surface area (Å²) in [6.07, 6.45) is 0.790. The van der Waals surface area contributed by atoms with Crippen molar-refractivity contribution in [3.8, 4) is 43.4 Å². The molecule has 24 nitrogen and oxygen atoms in total. The second-order valence-electron chi connectivity index (χ2n) is 22.2. The number of aryl methyl sites for hydroxylation is 1. The molecule has 1 fully saturated rings.